The topological polar surface area (TPSA) is 125 Å². The van der Waals surface area contributed by atoms with Crippen molar-refractivity contribution in [2.45, 2.75) is 63.6 Å². The quantitative estimate of drug-likeness (QED) is 0.413. The summed E-state index contributed by atoms with van der Waals surface area (Å²) in [5.74, 6) is -0.992. The number of rotatable bonds is 5. The first kappa shape index (κ1) is 27.4. The van der Waals surface area contributed by atoms with Gasteiger partial charge in [0.1, 0.15) is 23.5 Å². The van der Waals surface area contributed by atoms with E-state index < -0.39 is 23.8 Å². The Morgan fingerprint density at radius 3 is 2.66 bits per heavy atom. The summed E-state index contributed by atoms with van der Waals surface area (Å²) in [6, 6.07) is 8.61. The highest BCUT2D eigenvalue weighted by Crippen LogP contribution is 2.42. The van der Waals surface area contributed by atoms with Crippen LogP contribution in [0.15, 0.2) is 30.3 Å². The van der Waals surface area contributed by atoms with Crippen LogP contribution in [-0.2, 0) is 16.0 Å². The Bertz CT molecular complexity index is 1330. The van der Waals surface area contributed by atoms with Crippen LogP contribution >= 0.6 is 0 Å². The predicted molar refractivity (Wildman–Crippen MR) is 140 cm³/mol. The summed E-state index contributed by atoms with van der Waals surface area (Å²) < 4.78 is 21.5. The molecular weight excluding hydrogens is 493 g/mol. The number of carboxylic acids is 1. The van der Waals surface area contributed by atoms with Gasteiger partial charge in [0, 0.05) is 36.4 Å². The number of fused-ring (bicyclic) bond motifs is 3. The van der Waals surface area contributed by atoms with Gasteiger partial charge in [-0.15, -0.1) is 0 Å². The summed E-state index contributed by atoms with van der Waals surface area (Å²) in [5.41, 5.74) is 4.33. The van der Waals surface area contributed by atoms with Gasteiger partial charge in [0.2, 0.25) is 0 Å². The Balaban J connectivity index is 0.00000107. The van der Waals surface area contributed by atoms with Crippen molar-refractivity contribution in [1.82, 2.24) is 9.55 Å². The van der Waals surface area contributed by atoms with Crippen molar-refractivity contribution in [3.05, 3.63) is 53.1 Å². The van der Waals surface area contributed by atoms with E-state index in [0.717, 1.165) is 48.0 Å². The number of nitrogens with zero attached hydrogens (tertiary/aromatic N) is 3. The standard InChI is InChI=1S/C27H32FN3O4.CH2O2/c1-15-7-8-21-22(30(15)2)9-10-23-24(21)29-26(25(32)17-11-18(28)14-20(13-17)35-3)31(23)19-6-4-5-16(12-19)27(33)34;2-1-3/h9-11,13-16,19,25,32H,4-8,12H2,1-3H3,(H,33,34);1H,(H,2,3). The summed E-state index contributed by atoms with van der Waals surface area (Å²) in [5, 5.41) is 28.1. The molecule has 1 fully saturated rings. The van der Waals surface area contributed by atoms with Gasteiger partial charge < -0.3 is 29.5 Å². The molecule has 3 N–H and O–H groups in total. The summed E-state index contributed by atoms with van der Waals surface area (Å²) >= 11 is 0. The monoisotopic (exact) mass is 527 g/mol. The molecule has 4 unspecified atom stereocenters. The van der Waals surface area contributed by atoms with Crippen LogP contribution < -0.4 is 9.64 Å². The fourth-order valence-electron chi connectivity index (χ4n) is 5.79. The summed E-state index contributed by atoms with van der Waals surface area (Å²) in [6.07, 6.45) is 3.40. The van der Waals surface area contributed by atoms with Gasteiger partial charge in [0.25, 0.3) is 6.47 Å². The molecule has 2 heterocycles. The zero-order chi connectivity index (χ0) is 27.6. The molecule has 1 saturated carbocycles. The highest BCUT2D eigenvalue weighted by molar-refractivity contribution is 5.86. The van der Waals surface area contributed by atoms with E-state index in [2.05, 4.69) is 24.9 Å². The number of imidazole rings is 1. The van der Waals surface area contributed by atoms with Gasteiger partial charge in [0.05, 0.1) is 24.1 Å². The Morgan fingerprint density at radius 2 is 1.97 bits per heavy atom. The number of aliphatic hydroxyl groups excluding tert-OH is 1. The van der Waals surface area contributed by atoms with Crippen molar-refractivity contribution in [2.75, 3.05) is 19.1 Å². The molecule has 0 saturated heterocycles. The smallest absolute Gasteiger partial charge is 0.306 e. The minimum Gasteiger partial charge on any atom is -0.497 e. The lowest BCUT2D eigenvalue weighted by Gasteiger charge is -2.34. The summed E-state index contributed by atoms with van der Waals surface area (Å²) in [6.45, 7) is 1.95. The molecule has 5 rings (SSSR count). The largest absolute Gasteiger partial charge is 0.497 e. The lowest BCUT2D eigenvalue weighted by atomic mass is 9.85. The van der Waals surface area contributed by atoms with Gasteiger partial charge in [-0.1, -0.05) is 6.42 Å². The molecule has 2 aromatic carbocycles. The number of methoxy groups -OCH3 is 1. The van der Waals surface area contributed by atoms with Gasteiger partial charge in [-0.25, -0.2) is 9.37 Å². The number of hydrogen-bond acceptors (Lipinski definition) is 6. The van der Waals surface area contributed by atoms with Crippen LogP contribution in [0.4, 0.5) is 10.1 Å². The highest BCUT2D eigenvalue weighted by Gasteiger charge is 2.33. The van der Waals surface area contributed by atoms with Crippen LogP contribution in [0, 0.1) is 11.7 Å². The summed E-state index contributed by atoms with van der Waals surface area (Å²) in [7, 11) is 3.54. The molecule has 0 amide bonds. The molecule has 1 aliphatic heterocycles. The van der Waals surface area contributed by atoms with Crippen LogP contribution in [0.2, 0.25) is 0 Å². The molecule has 1 aromatic heterocycles. The first-order chi connectivity index (χ1) is 18.2. The second-order valence-electron chi connectivity index (χ2n) is 10.1. The second-order valence-corrected chi connectivity index (χ2v) is 10.1. The van der Waals surface area contributed by atoms with E-state index >= 15 is 0 Å². The number of ether oxygens (including phenoxy) is 1. The highest BCUT2D eigenvalue weighted by atomic mass is 19.1. The number of benzene rings is 2. The van der Waals surface area contributed by atoms with E-state index in [4.69, 9.17) is 19.6 Å². The van der Waals surface area contributed by atoms with Crippen molar-refractivity contribution in [2.24, 2.45) is 5.92 Å². The Labute approximate surface area is 220 Å². The van der Waals surface area contributed by atoms with Crippen LogP contribution in [0.1, 0.15) is 68.1 Å². The Morgan fingerprint density at radius 1 is 1.24 bits per heavy atom. The first-order valence-corrected chi connectivity index (χ1v) is 12.8. The van der Waals surface area contributed by atoms with Gasteiger partial charge in [-0.05, 0) is 68.9 Å². The summed E-state index contributed by atoms with van der Waals surface area (Å²) in [4.78, 5) is 27.4. The number of carbonyl (C=O) groups is 2. The SMILES string of the molecule is COc1cc(F)cc(C(O)c2nc3c4c(ccc3n2C2CCCC(C(=O)O)C2)N(C)C(C)CC4)c1.O=CO. The number of anilines is 1. The number of carboxylic acid groups (broad SMARTS) is 2. The number of aryl methyl sites for hydroxylation is 1. The number of halogens is 1. The van der Waals surface area contributed by atoms with Gasteiger partial charge in [-0.3, -0.25) is 9.59 Å². The molecular formula is C28H34FN3O6. The molecule has 0 spiro atoms. The van der Waals surface area contributed by atoms with E-state index in [-0.39, 0.29) is 12.5 Å². The first-order valence-electron chi connectivity index (χ1n) is 12.8. The number of aromatic nitrogens is 2. The van der Waals surface area contributed by atoms with Gasteiger partial charge in [-0.2, -0.15) is 0 Å². The van der Waals surface area contributed by atoms with Crippen molar-refractivity contribution < 1.29 is 34.0 Å². The van der Waals surface area contributed by atoms with Crippen LogP contribution in [0.25, 0.3) is 11.0 Å². The third-order valence-electron chi connectivity index (χ3n) is 7.87. The molecule has 4 atom stereocenters. The average Bonchev–Trinajstić information content (AvgIpc) is 3.30. The van der Waals surface area contributed by atoms with Crippen LogP contribution in [0.3, 0.4) is 0 Å². The zero-order valence-corrected chi connectivity index (χ0v) is 21.8. The van der Waals surface area contributed by atoms with Crippen molar-refractivity contribution in [1.29, 1.82) is 0 Å². The van der Waals surface area contributed by atoms with Gasteiger partial charge >= 0.3 is 5.97 Å². The molecule has 0 bridgehead atoms. The van der Waals surface area contributed by atoms with Gasteiger partial charge in [0.15, 0.2) is 0 Å². The molecule has 9 nitrogen and oxygen atoms in total. The number of aliphatic hydroxyl groups is 1. The Hall–Kier alpha value is -3.66. The van der Waals surface area contributed by atoms with E-state index in [1.807, 2.05) is 10.6 Å². The van der Waals surface area contributed by atoms with Crippen molar-refractivity contribution in [3.8, 4) is 5.75 Å². The number of hydrogen-bond donors (Lipinski definition) is 3. The molecule has 38 heavy (non-hydrogen) atoms. The predicted octanol–water partition coefficient (Wildman–Crippen LogP) is 4.55. The molecule has 3 aromatic rings. The van der Waals surface area contributed by atoms with Crippen LogP contribution in [0.5, 0.6) is 5.75 Å². The van der Waals surface area contributed by atoms with Crippen molar-refractivity contribution >= 4 is 29.2 Å². The van der Waals surface area contributed by atoms with E-state index in [0.29, 0.717) is 36.0 Å². The molecule has 10 heteroatoms. The molecule has 204 valence electrons. The molecule has 2 aliphatic rings. The molecule has 1 aliphatic carbocycles. The van der Waals surface area contributed by atoms with Crippen molar-refractivity contribution in [3.63, 3.8) is 0 Å². The fourth-order valence-corrected chi connectivity index (χ4v) is 5.79. The normalized spacial score (nSPS) is 21.7. The lowest BCUT2D eigenvalue weighted by molar-refractivity contribution is -0.143. The lowest BCUT2D eigenvalue weighted by Crippen LogP contribution is -2.33. The van der Waals surface area contributed by atoms with E-state index in [9.17, 15) is 19.4 Å². The third kappa shape index (κ3) is 5.18. The van der Waals surface area contributed by atoms with Crippen LogP contribution in [-0.4, -0.2) is 57.5 Å². The van der Waals surface area contributed by atoms with E-state index in [1.165, 1.54) is 19.2 Å². The minimum absolute atomic E-state index is 0.117. The maximum atomic E-state index is 14.3. The average molecular weight is 528 g/mol. The molecule has 0 radical (unpaired) electrons. The minimum atomic E-state index is -1.19. The maximum absolute atomic E-state index is 14.3. The van der Waals surface area contributed by atoms with E-state index in [1.54, 1.807) is 6.07 Å². The maximum Gasteiger partial charge on any atom is 0.306 e. The number of aliphatic carboxylic acids is 1. The Kier molecular flexibility index (Phi) is 8.20. The second kappa shape index (κ2) is 11.4. The zero-order valence-electron chi connectivity index (χ0n) is 21.8. The fraction of sp³-hybridized carbons (Fsp3) is 0.464. The third-order valence-corrected chi connectivity index (χ3v) is 7.87.